The van der Waals surface area contributed by atoms with Crippen LogP contribution in [0.4, 0.5) is 0 Å². The van der Waals surface area contributed by atoms with E-state index < -0.39 is 0 Å². The maximum Gasteiger partial charge on any atom is 0.0436 e. The molecule has 1 atom stereocenters. The average Bonchev–Trinajstić information content (AvgIpc) is 2.47. The van der Waals surface area contributed by atoms with Crippen LogP contribution in [0.15, 0.2) is 11.4 Å². The highest BCUT2D eigenvalue weighted by atomic mass is 32.1. The Morgan fingerprint density at radius 3 is 2.92 bits per heavy atom. The molecular formula is C10H13NS. The molecule has 1 nitrogen and oxygen atoms in total. The summed E-state index contributed by atoms with van der Waals surface area (Å²) in [6.45, 7) is 2.11. The third-order valence-corrected chi connectivity index (χ3v) is 2.70. The largest absolute Gasteiger partial charge is 0.312 e. The van der Waals surface area contributed by atoms with Gasteiger partial charge in [0.2, 0.25) is 0 Å². The Balaban J connectivity index is 2.74. The number of nitrogens with one attached hydrogen (secondary N) is 1. The molecule has 64 valence electrons. The highest BCUT2D eigenvalue weighted by Crippen LogP contribution is 2.21. The first-order valence-electron chi connectivity index (χ1n) is 3.93. The minimum atomic E-state index is 0.319. The summed E-state index contributed by atoms with van der Waals surface area (Å²) in [5, 5.41) is 5.36. The molecule has 2 heteroatoms. The van der Waals surface area contributed by atoms with Crippen LogP contribution in [0, 0.1) is 19.3 Å². The van der Waals surface area contributed by atoms with Crippen LogP contribution in [0.3, 0.4) is 0 Å². The Hall–Kier alpha value is -0.780. The molecule has 1 aromatic heterocycles. The fourth-order valence-electron chi connectivity index (χ4n) is 1.15. The molecule has 1 unspecified atom stereocenters. The lowest BCUT2D eigenvalue weighted by molar-refractivity contribution is 0.613. The Labute approximate surface area is 77.8 Å². The normalized spacial score (nSPS) is 12.4. The van der Waals surface area contributed by atoms with E-state index in [-0.39, 0.29) is 0 Å². The van der Waals surface area contributed by atoms with Crippen molar-refractivity contribution in [1.29, 1.82) is 0 Å². The van der Waals surface area contributed by atoms with Gasteiger partial charge in [0.15, 0.2) is 0 Å². The van der Waals surface area contributed by atoms with Gasteiger partial charge in [-0.05, 0) is 31.0 Å². The first kappa shape index (κ1) is 9.31. The van der Waals surface area contributed by atoms with E-state index in [1.54, 1.807) is 11.3 Å². The summed E-state index contributed by atoms with van der Waals surface area (Å²) < 4.78 is 0. The maximum atomic E-state index is 5.26. The van der Waals surface area contributed by atoms with Gasteiger partial charge in [0.25, 0.3) is 0 Å². The molecule has 0 fully saturated rings. The zero-order valence-electron chi connectivity index (χ0n) is 7.42. The molecular weight excluding hydrogens is 166 g/mol. The summed E-state index contributed by atoms with van der Waals surface area (Å²) in [7, 11) is 1.94. The monoisotopic (exact) mass is 179 g/mol. The third kappa shape index (κ3) is 2.10. The molecule has 0 bridgehead atoms. The van der Waals surface area contributed by atoms with Gasteiger partial charge in [0.1, 0.15) is 0 Å². The fraction of sp³-hybridized carbons (Fsp3) is 0.400. The predicted octanol–water partition coefficient (Wildman–Crippen LogP) is 2.34. The third-order valence-electron chi connectivity index (χ3n) is 1.82. The molecule has 0 aliphatic heterocycles. The van der Waals surface area contributed by atoms with Crippen LogP contribution in [-0.2, 0) is 0 Å². The second-order valence-electron chi connectivity index (χ2n) is 2.74. The molecule has 0 aliphatic carbocycles. The Bertz CT molecular complexity index is 282. The molecule has 0 saturated heterocycles. The van der Waals surface area contributed by atoms with E-state index in [9.17, 15) is 0 Å². The first-order valence-corrected chi connectivity index (χ1v) is 4.81. The lowest BCUT2D eigenvalue weighted by atomic mass is 10.1. The SMILES string of the molecule is C#CCC(NC)c1csc(C)c1. The molecule has 0 spiro atoms. The van der Waals surface area contributed by atoms with Gasteiger partial charge in [-0.25, -0.2) is 0 Å². The van der Waals surface area contributed by atoms with Gasteiger partial charge in [0.05, 0.1) is 0 Å². The van der Waals surface area contributed by atoms with Crippen molar-refractivity contribution in [2.45, 2.75) is 19.4 Å². The van der Waals surface area contributed by atoms with Crippen molar-refractivity contribution < 1.29 is 0 Å². The van der Waals surface area contributed by atoms with Gasteiger partial charge < -0.3 is 5.32 Å². The zero-order chi connectivity index (χ0) is 8.97. The van der Waals surface area contributed by atoms with E-state index in [2.05, 4.69) is 29.6 Å². The number of thiophene rings is 1. The van der Waals surface area contributed by atoms with Crippen LogP contribution < -0.4 is 5.32 Å². The van der Waals surface area contributed by atoms with Gasteiger partial charge >= 0.3 is 0 Å². The van der Waals surface area contributed by atoms with Crippen LogP contribution >= 0.6 is 11.3 Å². The lowest BCUT2D eigenvalue weighted by Crippen LogP contribution is -2.14. The van der Waals surface area contributed by atoms with Gasteiger partial charge in [-0.1, -0.05) is 0 Å². The summed E-state index contributed by atoms with van der Waals surface area (Å²) in [5.74, 6) is 2.67. The van der Waals surface area contributed by atoms with Crippen molar-refractivity contribution in [3.05, 3.63) is 21.9 Å². The smallest absolute Gasteiger partial charge is 0.0436 e. The number of terminal acetylenes is 1. The van der Waals surface area contributed by atoms with E-state index in [4.69, 9.17) is 6.42 Å². The summed E-state index contributed by atoms with van der Waals surface area (Å²) in [6, 6.07) is 2.50. The van der Waals surface area contributed by atoms with E-state index in [0.29, 0.717) is 6.04 Å². The van der Waals surface area contributed by atoms with Gasteiger partial charge in [-0.15, -0.1) is 23.7 Å². The standard InChI is InChI=1S/C10H13NS/c1-4-5-10(11-3)9-6-8(2)12-7-9/h1,6-7,10-11H,5H2,2-3H3. The van der Waals surface area contributed by atoms with E-state index in [0.717, 1.165) is 6.42 Å². The van der Waals surface area contributed by atoms with Gasteiger partial charge in [-0.3, -0.25) is 0 Å². The van der Waals surface area contributed by atoms with Crippen molar-refractivity contribution in [1.82, 2.24) is 5.32 Å². The molecule has 0 aliphatic rings. The lowest BCUT2D eigenvalue weighted by Gasteiger charge is -2.10. The first-order chi connectivity index (χ1) is 5.77. The molecule has 0 saturated carbocycles. The highest BCUT2D eigenvalue weighted by Gasteiger charge is 2.07. The van der Waals surface area contributed by atoms with Gasteiger partial charge in [0, 0.05) is 17.3 Å². The minimum Gasteiger partial charge on any atom is -0.312 e. The van der Waals surface area contributed by atoms with Crippen molar-refractivity contribution >= 4 is 11.3 Å². The molecule has 12 heavy (non-hydrogen) atoms. The molecule has 0 radical (unpaired) electrons. The number of hydrogen-bond donors (Lipinski definition) is 1. The Kier molecular flexibility index (Phi) is 3.33. The molecule has 1 N–H and O–H groups in total. The summed E-state index contributed by atoms with van der Waals surface area (Å²) >= 11 is 1.77. The van der Waals surface area contributed by atoms with E-state index in [1.807, 2.05) is 7.05 Å². The van der Waals surface area contributed by atoms with Gasteiger partial charge in [-0.2, -0.15) is 0 Å². The van der Waals surface area contributed by atoms with Crippen LogP contribution in [-0.4, -0.2) is 7.05 Å². The zero-order valence-corrected chi connectivity index (χ0v) is 8.24. The topological polar surface area (TPSA) is 12.0 Å². The molecule has 1 heterocycles. The van der Waals surface area contributed by atoms with Crippen LogP contribution in [0.2, 0.25) is 0 Å². The van der Waals surface area contributed by atoms with E-state index >= 15 is 0 Å². The van der Waals surface area contributed by atoms with Crippen molar-refractivity contribution in [2.75, 3.05) is 7.05 Å². The minimum absolute atomic E-state index is 0.319. The molecule has 1 rings (SSSR count). The molecule has 0 aromatic carbocycles. The van der Waals surface area contributed by atoms with Crippen LogP contribution in [0.1, 0.15) is 22.9 Å². The Morgan fingerprint density at radius 2 is 2.50 bits per heavy atom. The number of hydrogen-bond acceptors (Lipinski definition) is 2. The van der Waals surface area contributed by atoms with Crippen LogP contribution in [0.25, 0.3) is 0 Å². The Morgan fingerprint density at radius 1 is 1.75 bits per heavy atom. The second kappa shape index (κ2) is 4.30. The number of aryl methyl sites for hydroxylation is 1. The predicted molar refractivity (Wildman–Crippen MR) is 54.3 cm³/mol. The van der Waals surface area contributed by atoms with Crippen LogP contribution in [0.5, 0.6) is 0 Å². The average molecular weight is 179 g/mol. The highest BCUT2D eigenvalue weighted by molar-refractivity contribution is 7.10. The van der Waals surface area contributed by atoms with Crippen molar-refractivity contribution in [3.63, 3.8) is 0 Å². The summed E-state index contributed by atoms with van der Waals surface area (Å²) in [4.78, 5) is 1.34. The molecule has 1 aromatic rings. The summed E-state index contributed by atoms with van der Waals surface area (Å²) in [6.07, 6.45) is 6.02. The quantitative estimate of drug-likeness (QED) is 0.702. The summed E-state index contributed by atoms with van der Waals surface area (Å²) in [5.41, 5.74) is 1.30. The molecule has 0 amide bonds. The van der Waals surface area contributed by atoms with Crippen molar-refractivity contribution in [2.24, 2.45) is 0 Å². The number of rotatable bonds is 3. The maximum absolute atomic E-state index is 5.26. The van der Waals surface area contributed by atoms with Crippen molar-refractivity contribution in [3.8, 4) is 12.3 Å². The fourth-order valence-corrected chi connectivity index (χ4v) is 1.91. The second-order valence-corrected chi connectivity index (χ2v) is 3.86. The van der Waals surface area contributed by atoms with E-state index in [1.165, 1.54) is 10.4 Å².